The van der Waals surface area contributed by atoms with Crippen molar-refractivity contribution in [3.8, 4) is 29.3 Å². The fraction of sp³-hybridized carbons (Fsp3) is 0.136. The van der Waals surface area contributed by atoms with E-state index in [4.69, 9.17) is 4.74 Å². The zero-order valence-corrected chi connectivity index (χ0v) is 17.2. The molecule has 2 aromatic carbocycles. The monoisotopic (exact) mass is 439 g/mol. The number of thiazole rings is 1. The summed E-state index contributed by atoms with van der Waals surface area (Å²) in [6, 6.07) is 15.0. The first kappa shape index (κ1) is 21.8. The highest BCUT2D eigenvalue weighted by atomic mass is 32.1. The molecule has 0 saturated carbocycles. The smallest absolute Gasteiger partial charge is 0.387 e. The second-order valence-electron chi connectivity index (χ2n) is 6.23. The van der Waals surface area contributed by atoms with E-state index in [9.17, 15) is 24.1 Å². The van der Waals surface area contributed by atoms with E-state index in [1.165, 1.54) is 36.0 Å². The Balaban J connectivity index is 2.29. The van der Waals surface area contributed by atoms with Gasteiger partial charge in [0.25, 0.3) is 5.56 Å². The Kier molecular flexibility index (Phi) is 6.49. The van der Waals surface area contributed by atoms with Crippen LogP contribution in [0.1, 0.15) is 11.1 Å². The molecule has 1 aromatic heterocycles. The molecule has 31 heavy (non-hydrogen) atoms. The van der Waals surface area contributed by atoms with Crippen LogP contribution in [0.2, 0.25) is 0 Å². The minimum Gasteiger partial charge on any atom is -0.493 e. The zero-order chi connectivity index (χ0) is 22.5. The predicted octanol–water partition coefficient (Wildman–Crippen LogP) is 2.84. The molecule has 1 heterocycles. The maximum atomic E-state index is 13.2. The average molecular weight is 439 g/mol. The number of alkyl halides is 2. The average Bonchev–Trinajstić information content (AvgIpc) is 3.06. The van der Waals surface area contributed by atoms with Gasteiger partial charge in [-0.25, -0.2) is 0 Å². The lowest BCUT2D eigenvalue weighted by Crippen LogP contribution is -2.31. The number of rotatable bonds is 5. The van der Waals surface area contributed by atoms with E-state index in [2.05, 4.69) is 4.74 Å². The lowest BCUT2D eigenvalue weighted by Gasteiger charge is -2.09. The highest BCUT2D eigenvalue weighted by molar-refractivity contribution is 7.07. The second kappa shape index (κ2) is 9.24. The number of halogens is 2. The molecule has 0 radical (unpaired) electrons. The first-order chi connectivity index (χ1) is 14.9. The van der Waals surface area contributed by atoms with Gasteiger partial charge in [-0.2, -0.15) is 19.3 Å². The molecule has 0 aliphatic rings. The van der Waals surface area contributed by atoms with Gasteiger partial charge in [-0.1, -0.05) is 24.3 Å². The molecule has 0 spiro atoms. The number of para-hydroxylation sites is 1. The molecule has 0 aliphatic heterocycles. The fourth-order valence-corrected chi connectivity index (χ4v) is 3.97. The SMILES string of the molecule is COc1cc(/C=c2\sc(=C(C#N)C#N)n(-c3ccccc3C)c2=O)ccc1OC(F)F. The quantitative estimate of drug-likeness (QED) is 0.610. The van der Waals surface area contributed by atoms with E-state index in [1.807, 2.05) is 31.2 Å². The topological polar surface area (TPSA) is 88.0 Å². The van der Waals surface area contributed by atoms with Crippen molar-refractivity contribution in [3.63, 3.8) is 0 Å². The molecule has 0 aliphatic carbocycles. The molecular formula is C22H15F2N3O3S. The zero-order valence-electron chi connectivity index (χ0n) is 16.4. The van der Waals surface area contributed by atoms with Crippen molar-refractivity contribution in [1.82, 2.24) is 4.57 Å². The van der Waals surface area contributed by atoms with Crippen molar-refractivity contribution >= 4 is 23.0 Å². The van der Waals surface area contributed by atoms with E-state index in [1.54, 1.807) is 12.1 Å². The van der Waals surface area contributed by atoms with Crippen LogP contribution >= 0.6 is 11.3 Å². The lowest BCUT2D eigenvalue weighted by molar-refractivity contribution is -0.0512. The summed E-state index contributed by atoms with van der Waals surface area (Å²) in [4.78, 5) is 13.2. The van der Waals surface area contributed by atoms with E-state index in [-0.39, 0.29) is 26.3 Å². The van der Waals surface area contributed by atoms with Crippen LogP contribution in [0.15, 0.2) is 47.3 Å². The number of aromatic nitrogens is 1. The van der Waals surface area contributed by atoms with Crippen LogP contribution < -0.4 is 24.2 Å². The van der Waals surface area contributed by atoms with E-state index >= 15 is 0 Å². The van der Waals surface area contributed by atoms with Crippen LogP contribution in [-0.4, -0.2) is 18.3 Å². The lowest BCUT2D eigenvalue weighted by atomic mass is 10.2. The van der Waals surface area contributed by atoms with Crippen molar-refractivity contribution in [1.29, 1.82) is 10.5 Å². The molecular weight excluding hydrogens is 424 g/mol. The Morgan fingerprint density at radius 3 is 2.48 bits per heavy atom. The highest BCUT2D eigenvalue weighted by Gasteiger charge is 2.14. The maximum absolute atomic E-state index is 13.2. The Hall–Kier alpha value is -3.95. The summed E-state index contributed by atoms with van der Waals surface area (Å²) >= 11 is 0.991. The largest absolute Gasteiger partial charge is 0.493 e. The molecule has 6 nitrogen and oxygen atoms in total. The van der Waals surface area contributed by atoms with Gasteiger partial charge in [0.05, 0.1) is 17.3 Å². The van der Waals surface area contributed by atoms with Gasteiger partial charge < -0.3 is 9.47 Å². The van der Waals surface area contributed by atoms with Crippen molar-refractivity contribution in [2.45, 2.75) is 13.5 Å². The number of nitriles is 2. The summed E-state index contributed by atoms with van der Waals surface area (Å²) in [5.74, 6) is -0.0604. The molecule has 3 aromatic rings. The number of hydrogen-bond acceptors (Lipinski definition) is 6. The predicted molar refractivity (Wildman–Crippen MR) is 112 cm³/mol. The van der Waals surface area contributed by atoms with Gasteiger partial charge in [0.2, 0.25) is 0 Å². The fourth-order valence-electron chi connectivity index (χ4n) is 2.92. The summed E-state index contributed by atoms with van der Waals surface area (Å²) in [6.07, 6.45) is 1.53. The first-order valence-electron chi connectivity index (χ1n) is 8.86. The van der Waals surface area contributed by atoms with Gasteiger partial charge in [0.1, 0.15) is 16.8 Å². The van der Waals surface area contributed by atoms with Crippen LogP contribution in [0.25, 0.3) is 17.3 Å². The van der Waals surface area contributed by atoms with Crippen LogP contribution in [-0.2, 0) is 0 Å². The van der Waals surface area contributed by atoms with Gasteiger partial charge >= 0.3 is 6.61 Å². The van der Waals surface area contributed by atoms with Gasteiger partial charge in [0, 0.05) is 0 Å². The summed E-state index contributed by atoms with van der Waals surface area (Å²) in [7, 11) is 1.31. The van der Waals surface area contributed by atoms with E-state index in [0.717, 1.165) is 16.9 Å². The number of ether oxygens (including phenoxy) is 2. The molecule has 0 atom stereocenters. The van der Waals surface area contributed by atoms with Gasteiger partial charge in [-0.15, -0.1) is 11.3 Å². The molecule has 0 fully saturated rings. The van der Waals surface area contributed by atoms with Crippen LogP contribution in [0.5, 0.6) is 11.5 Å². The van der Waals surface area contributed by atoms with Crippen molar-refractivity contribution in [3.05, 3.63) is 73.1 Å². The van der Waals surface area contributed by atoms with Crippen LogP contribution in [0.4, 0.5) is 8.78 Å². The standard InChI is InChI=1S/C22H15F2N3O3S/c1-13-5-3-4-6-16(13)27-20(28)19(31-21(27)15(11-25)12-26)10-14-7-8-17(30-22(23)24)18(9-14)29-2/h3-10,22H,1-2H3/b19-10-. The first-order valence-corrected chi connectivity index (χ1v) is 9.68. The molecule has 0 bridgehead atoms. The van der Waals surface area contributed by atoms with E-state index in [0.29, 0.717) is 11.3 Å². The molecule has 9 heteroatoms. The third kappa shape index (κ3) is 4.47. The van der Waals surface area contributed by atoms with Gasteiger partial charge in [0.15, 0.2) is 17.1 Å². The van der Waals surface area contributed by atoms with Crippen LogP contribution in [0.3, 0.4) is 0 Å². The number of benzene rings is 2. The second-order valence-corrected chi connectivity index (χ2v) is 7.26. The van der Waals surface area contributed by atoms with Crippen molar-refractivity contribution < 1.29 is 18.3 Å². The minimum atomic E-state index is -3.00. The van der Waals surface area contributed by atoms with Gasteiger partial charge in [-0.05, 0) is 42.3 Å². The molecule has 3 rings (SSSR count). The molecule has 0 saturated heterocycles. The summed E-state index contributed by atoms with van der Waals surface area (Å²) in [6.45, 7) is -1.19. The minimum absolute atomic E-state index is 0.0753. The number of nitrogens with zero attached hydrogens (tertiary/aromatic N) is 3. The molecule has 0 N–H and O–H groups in total. The molecule has 0 amide bonds. The third-order valence-corrected chi connectivity index (χ3v) is 5.41. The van der Waals surface area contributed by atoms with Crippen molar-refractivity contribution in [2.24, 2.45) is 0 Å². The summed E-state index contributed by atoms with van der Waals surface area (Å²) in [5.41, 5.74) is 1.24. The normalized spacial score (nSPS) is 11.1. The van der Waals surface area contributed by atoms with Gasteiger partial charge in [-0.3, -0.25) is 9.36 Å². The Morgan fingerprint density at radius 1 is 1.16 bits per heavy atom. The number of methoxy groups -OCH3 is 1. The summed E-state index contributed by atoms with van der Waals surface area (Å²) < 4.78 is 36.4. The van der Waals surface area contributed by atoms with Crippen molar-refractivity contribution in [2.75, 3.05) is 7.11 Å². The Morgan fingerprint density at radius 2 is 1.87 bits per heavy atom. The third-order valence-electron chi connectivity index (χ3n) is 4.32. The maximum Gasteiger partial charge on any atom is 0.387 e. The molecule has 156 valence electrons. The summed E-state index contributed by atoms with van der Waals surface area (Å²) in [5, 5.41) is 18.7. The van der Waals surface area contributed by atoms with Crippen LogP contribution in [0, 0.1) is 29.6 Å². The number of aryl methyl sites for hydroxylation is 1. The molecule has 0 unspecified atom stereocenters. The Bertz CT molecular complexity index is 1380. The highest BCUT2D eigenvalue weighted by Crippen LogP contribution is 2.29. The Labute approximate surface area is 179 Å². The van der Waals surface area contributed by atoms with E-state index < -0.39 is 12.2 Å². The number of hydrogen-bond donors (Lipinski definition) is 0.